The fraction of sp³-hybridized carbons (Fsp3) is 0.545. The van der Waals surface area contributed by atoms with Gasteiger partial charge in [-0.15, -0.1) is 0 Å². The van der Waals surface area contributed by atoms with Crippen LogP contribution in [0.4, 0.5) is 0 Å². The van der Waals surface area contributed by atoms with E-state index in [0.717, 1.165) is 25.4 Å². The van der Waals surface area contributed by atoms with Gasteiger partial charge in [0, 0.05) is 0 Å². The smallest absolute Gasteiger partial charge is 0.373 e. The van der Waals surface area contributed by atoms with E-state index in [1.807, 2.05) is 6.07 Å². The van der Waals surface area contributed by atoms with Crippen LogP contribution >= 0.6 is 0 Å². The third-order valence-electron chi connectivity index (χ3n) is 2.47. The predicted octanol–water partition coefficient (Wildman–Crippen LogP) is 0.491. The van der Waals surface area contributed by atoms with Crippen molar-refractivity contribution < 1.29 is 18.8 Å². The molecule has 15 heavy (non-hydrogen) atoms. The second kappa shape index (κ2) is 5.56. The number of nitrogens with one attached hydrogen (secondary N) is 1. The summed E-state index contributed by atoms with van der Waals surface area (Å²) in [5.74, 6) is 0.684. The summed E-state index contributed by atoms with van der Waals surface area (Å²) in [6.45, 7) is 7.16. The summed E-state index contributed by atoms with van der Waals surface area (Å²) < 4.78 is 9.94. The van der Waals surface area contributed by atoms with E-state index in [4.69, 9.17) is 4.42 Å². The van der Waals surface area contributed by atoms with Gasteiger partial charge in [-0.1, -0.05) is 0 Å². The molecule has 0 spiro atoms. The summed E-state index contributed by atoms with van der Waals surface area (Å²) in [6, 6.07) is 3.49. The zero-order chi connectivity index (χ0) is 11.3. The molecule has 0 aromatic carbocycles. The number of methoxy groups -OCH3 is 1. The van der Waals surface area contributed by atoms with Crippen LogP contribution in [0.1, 0.15) is 30.2 Å². The van der Waals surface area contributed by atoms with Crippen molar-refractivity contribution in [2.45, 2.75) is 20.4 Å². The van der Waals surface area contributed by atoms with Gasteiger partial charge in [-0.05, 0) is 26.0 Å². The molecule has 84 valence electrons. The number of hydrogen-bond donors (Lipinski definition) is 1. The first-order valence-corrected chi connectivity index (χ1v) is 5.21. The van der Waals surface area contributed by atoms with Gasteiger partial charge in [0.1, 0.15) is 6.54 Å². The Bertz CT molecular complexity index is 315. The molecule has 0 fully saturated rings. The zero-order valence-electron chi connectivity index (χ0n) is 9.50. The van der Waals surface area contributed by atoms with E-state index in [1.54, 1.807) is 6.07 Å². The standard InChI is InChI=1S/C11H17NO3/c1-4-12(5-2)8-9-6-7-10(15-9)11(13)14-3/h6-7H,4-5,8H2,1-3H3/p+1. The lowest BCUT2D eigenvalue weighted by Gasteiger charge is -2.12. The molecule has 0 bridgehead atoms. The van der Waals surface area contributed by atoms with Crippen LogP contribution in [-0.2, 0) is 11.3 Å². The van der Waals surface area contributed by atoms with Crippen molar-refractivity contribution in [3.8, 4) is 0 Å². The molecule has 0 aliphatic heterocycles. The number of furan rings is 1. The Kier molecular flexibility index (Phi) is 4.37. The van der Waals surface area contributed by atoms with Crippen molar-refractivity contribution in [2.24, 2.45) is 0 Å². The number of carbonyl (C=O) groups excluding carboxylic acids is 1. The first-order valence-electron chi connectivity index (χ1n) is 5.21. The highest BCUT2D eigenvalue weighted by atomic mass is 16.5. The van der Waals surface area contributed by atoms with Crippen LogP contribution in [0.25, 0.3) is 0 Å². The molecule has 0 aliphatic rings. The molecule has 1 heterocycles. The Hall–Kier alpha value is -1.29. The highest BCUT2D eigenvalue weighted by Gasteiger charge is 2.13. The molecule has 1 N–H and O–H groups in total. The van der Waals surface area contributed by atoms with E-state index in [1.165, 1.54) is 12.0 Å². The van der Waals surface area contributed by atoms with Crippen molar-refractivity contribution in [3.63, 3.8) is 0 Å². The van der Waals surface area contributed by atoms with Crippen LogP contribution in [-0.4, -0.2) is 26.2 Å². The van der Waals surface area contributed by atoms with Crippen molar-refractivity contribution in [2.75, 3.05) is 20.2 Å². The maximum absolute atomic E-state index is 11.1. The van der Waals surface area contributed by atoms with E-state index < -0.39 is 5.97 Å². The lowest BCUT2D eigenvalue weighted by Crippen LogP contribution is -3.10. The number of esters is 1. The summed E-state index contributed by atoms with van der Waals surface area (Å²) in [5, 5.41) is 0. The van der Waals surface area contributed by atoms with Crippen molar-refractivity contribution in [1.29, 1.82) is 0 Å². The lowest BCUT2D eigenvalue weighted by atomic mass is 10.4. The molecule has 4 heteroatoms. The quantitative estimate of drug-likeness (QED) is 0.722. The maximum Gasteiger partial charge on any atom is 0.373 e. The first-order chi connectivity index (χ1) is 7.21. The van der Waals surface area contributed by atoms with Crippen LogP contribution in [0, 0.1) is 0 Å². The zero-order valence-corrected chi connectivity index (χ0v) is 9.50. The van der Waals surface area contributed by atoms with Crippen LogP contribution in [0.2, 0.25) is 0 Å². The molecular weight excluding hydrogens is 194 g/mol. The van der Waals surface area contributed by atoms with E-state index in [2.05, 4.69) is 18.6 Å². The van der Waals surface area contributed by atoms with Crippen LogP contribution < -0.4 is 4.90 Å². The van der Waals surface area contributed by atoms with Gasteiger partial charge >= 0.3 is 5.97 Å². The van der Waals surface area contributed by atoms with Crippen molar-refractivity contribution >= 4 is 5.97 Å². The summed E-state index contributed by atoms with van der Waals surface area (Å²) >= 11 is 0. The van der Waals surface area contributed by atoms with Crippen LogP contribution in [0.3, 0.4) is 0 Å². The summed E-state index contributed by atoms with van der Waals surface area (Å²) in [4.78, 5) is 12.5. The second-order valence-corrected chi connectivity index (χ2v) is 3.39. The lowest BCUT2D eigenvalue weighted by molar-refractivity contribution is -0.911. The number of rotatable bonds is 5. The Morgan fingerprint density at radius 1 is 1.40 bits per heavy atom. The first kappa shape index (κ1) is 11.8. The molecular formula is C11H18NO3+. The summed E-state index contributed by atoms with van der Waals surface area (Å²) in [5.41, 5.74) is 0. The molecule has 0 saturated heterocycles. The fourth-order valence-corrected chi connectivity index (χ4v) is 1.43. The Labute approximate surface area is 89.8 Å². The van der Waals surface area contributed by atoms with Gasteiger partial charge in [0.15, 0.2) is 5.76 Å². The maximum atomic E-state index is 11.1. The van der Waals surface area contributed by atoms with Gasteiger partial charge in [0.25, 0.3) is 0 Å². The monoisotopic (exact) mass is 212 g/mol. The Balaban J connectivity index is 2.63. The minimum absolute atomic E-state index is 0.277. The molecule has 0 aliphatic carbocycles. The molecule has 1 aromatic rings. The normalized spacial score (nSPS) is 10.7. The molecule has 0 unspecified atom stereocenters. The molecule has 1 rings (SSSR count). The van der Waals surface area contributed by atoms with Gasteiger partial charge in [0.2, 0.25) is 5.76 Å². The molecule has 1 aromatic heterocycles. The van der Waals surface area contributed by atoms with Crippen molar-refractivity contribution in [3.05, 3.63) is 23.7 Å². The van der Waals surface area contributed by atoms with E-state index >= 15 is 0 Å². The largest absolute Gasteiger partial charge is 0.463 e. The van der Waals surface area contributed by atoms with Gasteiger partial charge in [-0.3, -0.25) is 0 Å². The number of carbonyl (C=O) groups is 1. The Morgan fingerprint density at radius 3 is 2.60 bits per heavy atom. The van der Waals surface area contributed by atoms with Crippen molar-refractivity contribution in [1.82, 2.24) is 0 Å². The van der Waals surface area contributed by atoms with Gasteiger partial charge in [-0.25, -0.2) is 4.79 Å². The predicted molar refractivity (Wildman–Crippen MR) is 55.8 cm³/mol. The molecule has 0 atom stereocenters. The Morgan fingerprint density at radius 2 is 2.07 bits per heavy atom. The molecule has 0 saturated carbocycles. The summed E-state index contributed by atoms with van der Waals surface area (Å²) in [6.07, 6.45) is 0. The molecule has 0 amide bonds. The topological polar surface area (TPSA) is 43.9 Å². The van der Waals surface area contributed by atoms with E-state index in [0.29, 0.717) is 0 Å². The number of ether oxygens (including phenoxy) is 1. The highest BCUT2D eigenvalue weighted by Crippen LogP contribution is 2.07. The van der Waals surface area contributed by atoms with E-state index in [9.17, 15) is 4.79 Å². The SMILES string of the molecule is CC[NH+](CC)Cc1ccc(C(=O)OC)o1. The van der Waals surface area contributed by atoms with Gasteiger partial charge in [-0.2, -0.15) is 0 Å². The van der Waals surface area contributed by atoms with E-state index in [-0.39, 0.29) is 5.76 Å². The molecule has 4 nitrogen and oxygen atoms in total. The minimum Gasteiger partial charge on any atom is -0.463 e. The fourth-order valence-electron chi connectivity index (χ4n) is 1.43. The third kappa shape index (κ3) is 3.09. The number of quaternary nitrogens is 1. The third-order valence-corrected chi connectivity index (χ3v) is 2.47. The highest BCUT2D eigenvalue weighted by molar-refractivity contribution is 5.86. The minimum atomic E-state index is -0.421. The van der Waals surface area contributed by atoms with Crippen LogP contribution in [0.5, 0.6) is 0 Å². The molecule has 0 radical (unpaired) electrons. The van der Waals surface area contributed by atoms with Gasteiger partial charge in [0.05, 0.1) is 20.2 Å². The van der Waals surface area contributed by atoms with Gasteiger partial charge < -0.3 is 14.1 Å². The average Bonchev–Trinajstić information content (AvgIpc) is 2.73. The average molecular weight is 212 g/mol. The second-order valence-electron chi connectivity index (χ2n) is 3.39. The summed E-state index contributed by atoms with van der Waals surface area (Å²) in [7, 11) is 1.35. The number of hydrogen-bond acceptors (Lipinski definition) is 3. The van der Waals surface area contributed by atoms with Crippen LogP contribution in [0.15, 0.2) is 16.5 Å².